The monoisotopic (exact) mass is 220 g/mol. The van der Waals surface area contributed by atoms with Gasteiger partial charge in [0.15, 0.2) is 0 Å². The highest BCUT2D eigenvalue weighted by Gasteiger charge is 2.39. The van der Waals surface area contributed by atoms with Crippen LogP contribution in [0.15, 0.2) is 24.8 Å². The number of hydrogen-bond acceptors (Lipinski definition) is 1. The third-order valence-electron chi connectivity index (χ3n) is 3.92. The van der Waals surface area contributed by atoms with E-state index in [0.29, 0.717) is 5.78 Å². The molecule has 1 saturated carbocycles. The highest BCUT2D eigenvalue weighted by atomic mass is 16.1. The second-order valence-corrected chi connectivity index (χ2v) is 5.16. The molecule has 0 N–H and O–H groups in total. The highest BCUT2D eigenvalue weighted by Crippen LogP contribution is 2.44. The fourth-order valence-electron chi connectivity index (χ4n) is 2.87. The fraction of sp³-hybridized carbons (Fsp3) is 0.667. The van der Waals surface area contributed by atoms with Gasteiger partial charge in [0, 0.05) is 12.3 Å². The van der Waals surface area contributed by atoms with E-state index < -0.39 is 0 Å². The minimum absolute atomic E-state index is 0.197. The Morgan fingerprint density at radius 3 is 2.94 bits per heavy atom. The molecule has 0 aromatic carbocycles. The van der Waals surface area contributed by atoms with Crippen molar-refractivity contribution >= 4 is 5.78 Å². The zero-order chi connectivity index (χ0) is 12.0. The molecule has 0 amide bonds. The van der Waals surface area contributed by atoms with Crippen molar-refractivity contribution in [3.8, 4) is 0 Å². The van der Waals surface area contributed by atoms with Gasteiger partial charge >= 0.3 is 0 Å². The summed E-state index contributed by atoms with van der Waals surface area (Å²) in [5, 5.41) is 0. The molecule has 1 rings (SSSR count). The second kappa shape index (κ2) is 6.03. The molecule has 1 aliphatic rings. The van der Waals surface area contributed by atoms with E-state index in [1.54, 1.807) is 0 Å². The molecular formula is C15H24O. The fourth-order valence-corrected chi connectivity index (χ4v) is 2.87. The largest absolute Gasteiger partial charge is 0.299 e. The molecule has 0 aromatic heterocycles. The van der Waals surface area contributed by atoms with Crippen LogP contribution in [0.5, 0.6) is 0 Å². The zero-order valence-corrected chi connectivity index (χ0v) is 10.7. The Morgan fingerprint density at radius 2 is 2.31 bits per heavy atom. The van der Waals surface area contributed by atoms with Crippen LogP contribution in [0, 0.1) is 11.3 Å². The summed E-state index contributed by atoms with van der Waals surface area (Å²) < 4.78 is 0. The van der Waals surface area contributed by atoms with E-state index in [4.69, 9.17) is 0 Å². The van der Waals surface area contributed by atoms with E-state index in [1.165, 1.54) is 6.42 Å². The molecule has 0 bridgehead atoms. The molecule has 16 heavy (non-hydrogen) atoms. The van der Waals surface area contributed by atoms with Crippen LogP contribution in [0.3, 0.4) is 0 Å². The van der Waals surface area contributed by atoms with Gasteiger partial charge in [0.25, 0.3) is 0 Å². The van der Waals surface area contributed by atoms with Gasteiger partial charge in [0.2, 0.25) is 0 Å². The van der Waals surface area contributed by atoms with Crippen molar-refractivity contribution in [2.24, 2.45) is 11.3 Å². The van der Waals surface area contributed by atoms with Gasteiger partial charge in [-0.1, -0.05) is 25.2 Å². The molecule has 0 aliphatic heterocycles. The molecule has 0 aromatic rings. The summed E-state index contributed by atoms with van der Waals surface area (Å²) >= 11 is 0. The van der Waals surface area contributed by atoms with Gasteiger partial charge in [-0.15, -0.1) is 6.58 Å². The topological polar surface area (TPSA) is 17.1 Å². The van der Waals surface area contributed by atoms with E-state index in [2.05, 4.69) is 32.6 Å². The van der Waals surface area contributed by atoms with Gasteiger partial charge in [-0.2, -0.15) is 0 Å². The van der Waals surface area contributed by atoms with Gasteiger partial charge in [0.1, 0.15) is 5.78 Å². The molecule has 0 saturated heterocycles. The Hall–Kier alpha value is -0.850. The van der Waals surface area contributed by atoms with E-state index in [1.807, 2.05) is 6.08 Å². The van der Waals surface area contributed by atoms with Crippen molar-refractivity contribution in [2.75, 3.05) is 0 Å². The van der Waals surface area contributed by atoms with Crippen LogP contribution in [0.25, 0.3) is 0 Å². The first kappa shape index (κ1) is 13.2. The number of ketones is 1. The molecule has 1 nitrogen and oxygen atoms in total. The van der Waals surface area contributed by atoms with Crippen LogP contribution in [0.1, 0.15) is 52.4 Å². The number of Topliss-reactive ketones (excluding diaryl/α,β-unsaturated/α-hetero) is 1. The molecule has 0 spiro atoms. The van der Waals surface area contributed by atoms with Crippen LogP contribution < -0.4 is 0 Å². The van der Waals surface area contributed by atoms with Gasteiger partial charge in [0.05, 0.1) is 0 Å². The van der Waals surface area contributed by atoms with E-state index >= 15 is 0 Å². The summed E-state index contributed by atoms with van der Waals surface area (Å²) in [4.78, 5) is 12.0. The van der Waals surface area contributed by atoms with Crippen LogP contribution in [-0.2, 0) is 4.79 Å². The van der Waals surface area contributed by atoms with Crippen molar-refractivity contribution in [1.29, 1.82) is 0 Å². The quantitative estimate of drug-likeness (QED) is 0.631. The van der Waals surface area contributed by atoms with Crippen molar-refractivity contribution < 1.29 is 4.79 Å². The third-order valence-corrected chi connectivity index (χ3v) is 3.92. The van der Waals surface area contributed by atoms with Crippen LogP contribution in [0.4, 0.5) is 0 Å². The molecule has 90 valence electrons. The molecule has 0 heterocycles. The lowest BCUT2D eigenvalue weighted by Crippen LogP contribution is -2.37. The Labute approximate surface area is 99.6 Å². The van der Waals surface area contributed by atoms with Gasteiger partial charge in [-0.25, -0.2) is 0 Å². The van der Waals surface area contributed by atoms with Gasteiger partial charge in [-0.3, -0.25) is 4.79 Å². The smallest absolute Gasteiger partial charge is 0.136 e. The first-order valence-electron chi connectivity index (χ1n) is 6.39. The van der Waals surface area contributed by atoms with E-state index in [0.717, 1.165) is 32.1 Å². The van der Waals surface area contributed by atoms with Crippen molar-refractivity contribution in [3.63, 3.8) is 0 Å². The lowest BCUT2D eigenvalue weighted by Gasteiger charge is -2.40. The van der Waals surface area contributed by atoms with E-state index in [9.17, 15) is 4.79 Å². The summed E-state index contributed by atoms with van der Waals surface area (Å²) in [6.45, 7) is 8.12. The van der Waals surface area contributed by atoms with Crippen LogP contribution >= 0.6 is 0 Å². The maximum atomic E-state index is 12.0. The Bertz CT molecular complexity index is 277. The number of allylic oxidation sites excluding steroid dienone is 3. The number of hydrogen-bond donors (Lipinski definition) is 0. The number of carbonyl (C=O) groups excluding carboxylic acids is 1. The number of rotatable bonds is 5. The predicted molar refractivity (Wildman–Crippen MR) is 69.3 cm³/mol. The molecule has 1 heteroatoms. The summed E-state index contributed by atoms with van der Waals surface area (Å²) in [7, 11) is 0. The minimum Gasteiger partial charge on any atom is -0.299 e. The van der Waals surface area contributed by atoms with Crippen LogP contribution in [-0.4, -0.2) is 5.78 Å². The summed E-state index contributed by atoms with van der Waals surface area (Å²) in [6, 6.07) is 0. The summed E-state index contributed by atoms with van der Waals surface area (Å²) in [6.07, 6.45) is 12.3. The van der Waals surface area contributed by atoms with E-state index in [-0.39, 0.29) is 11.3 Å². The Balaban J connectivity index is 2.70. The van der Waals surface area contributed by atoms with Crippen LogP contribution in [0.2, 0.25) is 0 Å². The SMILES string of the molecule is C=CCC1C(=O)CCCC1(C)CC/C=C/C. The average molecular weight is 220 g/mol. The second-order valence-electron chi connectivity index (χ2n) is 5.16. The predicted octanol–water partition coefficient (Wildman–Crippen LogP) is 4.29. The first-order chi connectivity index (χ1) is 7.64. The van der Waals surface area contributed by atoms with Gasteiger partial charge < -0.3 is 0 Å². The number of carbonyl (C=O) groups is 1. The molecule has 2 atom stereocenters. The minimum atomic E-state index is 0.197. The zero-order valence-electron chi connectivity index (χ0n) is 10.7. The molecular weight excluding hydrogens is 196 g/mol. The maximum Gasteiger partial charge on any atom is 0.136 e. The third kappa shape index (κ3) is 3.07. The lowest BCUT2D eigenvalue weighted by molar-refractivity contribution is -0.130. The van der Waals surface area contributed by atoms with Gasteiger partial charge in [-0.05, 0) is 44.4 Å². The Kier molecular flexibility index (Phi) is 4.98. The molecule has 1 fully saturated rings. The first-order valence-corrected chi connectivity index (χ1v) is 6.39. The standard InChI is InChI=1S/C15H24O/c1-4-6-7-11-15(3)12-8-10-14(16)13(15)9-5-2/h4-6,13H,2,7-12H2,1,3H3/b6-4+. The molecule has 0 radical (unpaired) electrons. The molecule has 1 aliphatic carbocycles. The highest BCUT2D eigenvalue weighted by molar-refractivity contribution is 5.82. The lowest BCUT2D eigenvalue weighted by atomic mass is 9.63. The molecule has 2 unspecified atom stereocenters. The average Bonchev–Trinajstić information content (AvgIpc) is 2.24. The van der Waals surface area contributed by atoms with Crippen molar-refractivity contribution in [1.82, 2.24) is 0 Å². The van der Waals surface area contributed by atoms with Crippen molar-refractivity contribution in [2.45, 2.75) is 52.4 Å². The summed E-state index contributed by atoms with van der Waals surface area (Å²) in [5.74, 6) is 0.665. The Morgan fingerprint density at radius 1 is 1.56 bits per heavy atom. The van der Waals surface area contributed by atoms with Crippen molar-refractivity contribution in [3.05, 3.63) is 24.8 Å². The maximum absolute atomic E-state index is 12.0. The normalized spacial score (nSPS) is 30.9. The summed E-state index contributed by atoms with van der Waals surface area (Å²) in [5.41, 5.74) is 0.197.